The fourth-order valence-electron chi connectivity index (χ4n) is 3.46. The second-order valence-corrected chi connectivity index (χ2v) is 9.61. The van der Waals surface area contributed by atoms with E-state index in [9.17, 15) is 12.8 Å². The molecule has 0 saturated heterocycles. The van der Waals surface area contributed by atoms with E-state index < -0.39 is 10.0 Å². The van der Waals surface area contributed by atoms with E-state index in [4.69, 9.17) is 0 Å². The number of sulfonamides is 1. The smallest absolute Gasteiger partial charge is 0.232 e. The number of benzene rings is 2. The van der Waals surface area contributed by atoms with Crippen molar-refractivity contribution in [2.75, 3.05) is 16.3 Å². The molecule has 28 heavy (non-hydrogen) atoms. The summed E-state index contributed by atoms with van der Waals surface area (Å²) in [6.45, 7) is 1.90. The minimum Gasteiger partial charge on any atom is -0.267 e. The SMILES string of the molecule is C[C@H]1Cc2cc(C3=NNC(=Nc4ccccc4F)SC3)ccc2N1S(C)(=O)=O. The zero-order valence-corrected chi connectivity index (χ0v) is 17.0. The van der Waals surface area contributed by atoms with Crippen LogP contribution in [0.1, 0.15) is 18.1 Å². The summed E-state index contributed by atoms with van der Waals surface area (Å²) in [5.74, 6) is 0.208. The molecule has 146 valence electrons. The summed E-state index contributed by atoms with van der Waals surface area (Å²) in [4.78, 5) is 4.26. The van der Waals surface area contributed by atoms with Crippen molar-refractivity contribution in [3.8, 4) is 0 Å². The lowest BCUT2D eigenvalue weighted by molar-refractivity contribution is 0.590. The van der Waals surface area contributed by atoms with Gasteiger partial charge in [0.2, 0.25) is 10.0 Å². The maximum absolute atomic E-state index is 13.7. The van der Waals surface area contributed by atoms with E-state index in [0.717, 1.165) is 22.5 Å². The molecule has 1 N–H and O–H groups in total. The van der Waals surface area contributed by atoms with Crippen molar-refractivity contribution in [3.63, 3.8) is 0 Å². The summed E-state index contributed by atoms with van der Waals surface area (Å²) in [6.07, 6.45) is 1.90. The molecule has 2 aliphatic rings. The normalized spacial score (nSPS) is 20.7. The Kier molecular flexibility index (Phi) is 4.88. The average Bonchev–Trinajstić information content (AvgIpc) is 2.99. The topological polar surface area (TPSA) is 74.1 Å². The molecule has 2 heterocycles. The molecular weight excluding hydrogens is 399 g/mol. The largest absolute Gasteiger partial charge is 0.267 e. The van der Waals surface area contributed by atoms with Gasteiger partial charge in [0.15, 0.2) is 5.17 Å². The number of hydrogen-bond donors (Lipinski definition) is 1. The summed E-state index contributed by atoms with van der Waals surface area (Å²) in [5.41, 5.74) is 6.65. The summed E-state index contributed by atoms with van der Waals surface area (Å²) in [6, 6.07) is 12.0. The number of rotatable bonds is 3. The minimum absolute atomic E-state index is 0.0967. The second kappa shape index (κ2) is 7.21. The highest BCUT2D eigenvalue weighted by molar-refractivity contribution is 8.14. The third kappa shape index (κ3) is 3.64. The van der Waals surface area contributed by atoms with Gasteiger partial charge in [0.1, 0.15) is 11.5 Å². The van der Waals surface area contributed by atoms with Crippen molar-refractivity contribution in [3.05, 3.63) is 59.4 Å². The number of hydrazone groups is 1. The maximum Gasteiger partial charge on any atom is 0.232 e. The van der Waals surface area contributed by atoms with Gasteiger partial charge in [-0.2, -0.15) is 5.10 Å². The zero-order valence-electron chi connectivity index (χ0n) is 15.4. The molecule has 0 radical (unpaired) electrons. The van der Waals surface area contributed by atoms with Crippen LogP contribution in [-0.2, 0) is 16.4 Å². The molecule has 0 aromatic heterocycles. The van der Waals surface area contributed by atoms with Crippen LogP contribution >= 0.6 is 11.8 Å². The first kappa shape index (κ1) is 18.9. The number of amidine groups is 1. The van der Waals surface area contributed by atoms with E-state index in [2.05, 4.69) is 15.5 Å². The average molecular weight is 419 g/mol. The number of halogens is 1. The molecule has 6 nitrogen and oxygen atoms in total. The van der Waals surface area contributed by atoms with Crippen molar-refractivity contribution < 1.29 is 12.8 Å². The van der Waals surface area contributed by atoms with Crippen LogP contribution in [0.25, 0.3) is 0 Å². The monoisotopic (exact) mass is 418 g/mol. The summed E-state index contributed by atoms with van der Waals surface area (Å²) in [7, 11) is -3.30. The van der Waals surface area contributed by atoms with Crippen molar-refractivity contribution in [1.82, 2.24) is 5.43 Å². The molecule has 0 fully saturated rings. The quantitative estimate of drug-likeness (QED) is 0.830. The van der Waals surface area contributed by atoms with E-state index in [-0.39, 0.29) is 17.5 Å². The van der Waals surface area contributed by atoms with Gasteiger partial charge in [-0.1, -0.05) is 30.0 Å². The summed E-state index contributed by atoms with van der Waals surface area (Å²) in [5, 5.41) is 4.91. The third-order valence-corrected chi connectivity index (χ3v) is 6.77. The van der Waals surface area contributed by atoms with Crippen LogP contribution in [0.3, 0.4) is 0 Å². The number of nitrogens with zero attached hydrogens (tertiary/aromatic N) is 3. The van der Waals surface area contributed by atoms with Crippen molar-refractivity contribution in [1.29, 1.82) is 0 Å². The maximum atomic E-state index is 13.7. The van der Waals surface area contributed by atoms with Crippen molar-refractivity contribution in [2.24, 2.45) is 10.1 Å². The second-order valence-electron chi connectivity index (χ2n) is 6.78. The molecule has 9 heteroatoms. The highest BCUT2D eigenvalue weighted by atomic mass is 32.2. The lowest BCUT2D eigenvalue weighted by atomic mass is 10.0. The predicted molar refractivity (Wildman–Crippen MR) is 113 cm³/mol. The number of aliphatic imine (C=N–C) groups is 1. The number of nitrogens with one attached hydrogen (secondary N) is 1. The first-order chi connectivity index (χ1) is 13.3. The van der Waals surface area contributed by atoms with Crippen LogP contribution < -0.4 is 9.73 Å². The van der Waals surface area contributed by atoms with Gasteiger partial charge in [0.25, 0.3) is 0 Å². The molecular formula is C19H19FN4O2S2. The molecule has 2 aromatic rings. The Labute approximate surface area is 167 Å². The Morgan fingerprint density at radius 2 is 2.07 bits per heavy atom. The van der Waals surface area contributed by atoms with Crippen LogP contribution in [-0.4, -0.2) is 37.3 Å². The first-order valence-corrected chi connectivity index (χ1v) is 11.6. The number of fused-ring (bicyclic) bond motifs is 1. The van der Waals surface area contributed by atoms with E-state index in [0.29, 0.717) is 17.3 Å². The number of para-hydroxylation sites is 1. The Morgan fingerprint density at radius 1 is 1.29 bits per heavy atom. The lowest BCUT2D eigenvalue weighted by Crippen LogP contribution is -2.34. The van der Waals surface area contributed by atoms with Gasteiger partial charge in [-0.15, -0.1) is 0 Å². The van der Waals surface area contributed by atoms with Crippen molar-refractivity contribution in [2.45, 2.75) is 19.4 Å². The Balaban J connectivity index is 1.57. The first-order valence-electron chi connectivity index (χ1n) is 8.74. The number of thioether (sulfide) groups is 1. The van der Waals surface area contributed by atoms with Gasteiger partial charge < -0.3 is 0 Å². The van der Waals surface area contributed by atoms with Crippen LogP contribution in [0.15, 0.2) is 52.6 Å². The van der Waals surface area contributed by atoms with Gasteiger partial charge >= 0.3 is 0 Å². The van der Waals surface area contributed by atoms with Gasteiger partial charge in [0, 0.05) is 11.8 Å². The van der Waals surface area contributed by atoms with Crippen LogP contribution in [0.4, 0.5) is 15.8 Å². The van der Waals surface area contributed by atoms with Crippen LogP contribution in [0.2, 0.25) is 0 Å². The highest BCUT2D eigenvalue weighted by Crippen LogP contribution is 2.35. The van der Waals surface area contributed by atoms with Crippen LogP contribution in [0.5, 0.6) is 0 Å². The van der Waals surface area contributed by atoms with E-state index in [1.165, 1.54) is 28.4 Å². The molecule has 2 aromatic carbocycles. The van der Waals surface area contributed by atoms with Gasteiger partial charge in [-0.25, -0.2) is 17.8 Å². The third-order valence-electron chi connectivity index (χ3n) is 4.63. The molecule has 0 aliphatic carbocycles. The molecule has 0 spiro atoms. The molecule has 4 rings (SSSR count). The number of anilines is 1. The highest BCUT2D eigenvalue weighted by Gasteiger charge is 2.32. The summed E-state index contributed by atoms with van der Waals surface area (Å²) < 4.78 is 39.3. The van der Waals surface area contributed by atoms with E-state index in [1.807, 2.05) is 25.1 Å². The molecule has 0 bridgehead atoms. The van der Waals surface area contributed by atoms with Gasteiger partial charge in [-0.3, -0.25) is 9.73 Å². The Bertz CT molecular complexity index is 1100. The van der Waals surface area contributed by atoms with Gasteiger partial charge in [0.05, 0.1) is 17.7 Å². The fourth-order valence-corrected chi connectivity index (χ4v) is 5.50. The number of hydrogen-bond acceptors (Lipinski definition) is 5. The molecule has 0 amide bonds. The van der Waals surface area contributed by atoms with E-state index >= 15 is 0 Å². The van der Waals surface area contributed by atoms with Crippen molar-refractivity contribution >= 4 is 44.0 Å². The van der Waals surface area contributed by atoms with Crippen LogP contribution in [0, 0.1) is 5.82 Å². The van der Waals surface area contributed by atoms with E-state index in [1.54, 1.807) is 18.2 Å². The molecule has 0 saturated carbocycles. The standard InChI is InChI=1S/C19H19FN4O2S2/c1-12-9-14-10-13(7-8-18(14)24(12)28(2,25)26)17-11-27-19(23-22-17)21-16-6-4-3-5-15(16)20/h3-8,10,12H,9,11H2,1-2H3,(H,21,23)/t12-/m0/s1. The predicted octanol–water partition coefficient (Wildman–Crippen LogP) is 3.26. The summed E-state index contributed by atoms with van der Waals surface area (Å²) >= 11 is 1.44. The lowest BCUT2D eigenvalue weighted by Gasteiger charge is -2.22. The van der Waals surface area contributed by atoms with Gasteiger partial charge in [-0.05, 0) is 48.7 Å². The zero-order chi connectivity index (χ0) is 19.9. The Morgan fingerprint density at radius 3 is 2.75 bits per heavy atom. The molecule has 1 atom stereocenters. The fraction of sp³-hybridized carbons (Fsp3) is 0.263. The molecule has 2 aliphatic heterocycles. The Hall–Kier alpha value is -2.39. The molecule has 0 unspecified atom stereocenters. The minimum atomic E-state index is -3.30.